The predicted molar refractivity (Wildman–Crippen MR) is 117 cm³/mol. The van der Waals surface area contributed by atoms with Crippen LogP contribution in [0.15, 0.2) is 54.6 Å². The molecular weight excluding hydrogens is 394 g/mol. The Balaban J connectivity index is 1.84. The van der Waals surface area contributed by atoms with E-state index in [0.717, 1.165) is 5.56 Å². The molecule has 5 nitrogen and oxygen atoms in total. The molecule has 0 aliphatic heterocycles. The Bertz CT molecular complexity index is 903. The first-order chi connectivity index (χ1) is 13.2. The number of carbonyl (C=O) groups excluding carboxylic acids is 2. The summed E-state index contributed by atoms with van der Waals surface area (Å²) in [5.74, 6) is -0.801. The lowest BCUT2D eigenvalue weighted by atomic mass is 9.87. The van der Waals surface area contributed by atoms with Crippen molar-refractivity contribution in [3.05, 3.63) is 76.3 Å². The van der Waals surface area contributed by atoms with Crippen molar-refractivity contribution < 1.29 is 9.59 Å². The Morgan fingerprint density at radius 2 is 1.64 bits per heavy atom. The molecule has 0 aromatic heterocycles. The largest absolute Gasteiger partial charge is 0.298 e. The number of rotatable bonds is 3. The molecule has 2 rings (SSSR count). The summed E-state index contributed by atoms with van der Waals surface area (Å²) >= 11 is 11.0. The van der Waals surface area contributed by atoms with Gasteiger partial charge in [0.05, 0.1) is 0 Å². The molecular formula is C21H22ClN3O2S. The van der Waals surface area contributed by atoms with Crippen molar-refractivity contribution in [2.24, 2.45) is 0 Å². The van der Waals surface area contributed by atoms with Crippen LogP contribution < -0.4 is 16.2 Å². The van der Waals surface area contributed by atoms with Crippen molar-refractivity contribution >= 4 is 46.8 Å². The van der Waals surface area contributed by atoms with E-state index in [4.69, 9.17) is 23.8 Å². The topological polar surface area (TPSA) is 70.2 Å². The van der Waals surface area contributed by atoms with Gasteiger partial charge in [-0.15, -0.1) is 0 Å². The second-order valence-electron chi connectivity index (χ2n) is 7.08. The minimum Gasteiger partial charge on any atom is -0.298 e. The lowest BCUT2D eigenvalue weighted by Gasteiger charge is -2.19. The fraction of sp³-hybridized carbons (Fsp3) is 0.190. The zero-order valence-electron chi connectivity index (χ0n) is 15.9. The van der Waals surface area contributed by atoms with Crippen molar-refractivity contribution in [2.45, 2.75) is 26.2 Å². The number of benzene rings is 2. The van der Waals surface area contributed by atoms with Gasteiger partial charge in [0, 0.05) is 16.7 Å². The zero-order valence-corrected chi connectivity index (χ0v) is 17.4. The zero-order chi connectivity index (χ0) is 20.7. The number of hydrogen-bond donors (Lipinski definition) is 3. The normalized spacial score (nSPS) is 11.1. The van der Waals surface area contributed by atoms with Gasteiger partial charge >= 0.3 is 0 Å². The molecule has 0 heterocycles. The van der Waals surface area contributed by atoms with Crippen LogP contribution >= 0.6 is 23.8 Å². The summed E-state index contributed by atoms with van der Waals surface area (Å²) in [6.45, 7) is 6.31. The highest BCUT2D eigenvalue weighted by molar-refractivity contribution is 7.80. The van der Waals surface area contributed by atoms with Gasteiger partial charge in [-0.25, -0.2) is 0 Å². The minimum absolute atomic E-state index is 0.0105. The minimum atomic E-state index is -0.443. The van der Waals surface area contributed by atoms with E-state index in [-0.39, 0.29) is 16.4 Å². The van der Waals surface area contributed by atoms with Crippen LogP contribution in [0.25, 0.3) is 6.08 Å². The van der Waals surface area contributed by atoms with Crippen molar-refractivity contribution in [2.75, 3.05) is 0 Å². The Labute approximate surface area is 175 Å². The summed E-state index contributed by atoms with van der Waals surface area (Å²) < 4.78 is 0. The Hall–Kier alpha value is -2.70. The van der Waals surface area contributed by atoms with Crippen LogP contribution in [0, 0.1) is 0 Å². The third-order valence-electron chi connectivity index (χ3n) is 3.86. The summed E-state index contributed by atoms with van der Waals surface area (Å²) in [6, 6.07) is 14.4. The molecule has 0 atom stereocenters. The third-order valence-corrected chi connectivity index (χ3v) is 4.41. The molecule has 0 spiro atoms. The quantitative estimate of drug-likeness (QED) is 0.403. The van der Waals surface area contributed by atoms with Gasteiger partial charge in [-0.3, -0.25) is 25.8 Å². The van der Waals surface area contributed by atoms with Crippen molar-refractivity contribution in [3.8, 4) is 0 Å². The van der Waals surface area contributed by atoms with E-state index >= 15 is 0 Å². The van der Waals surface area contributed by atoms with E-state index in [2.05, 4.69) is 36.9 Å². The lowest BCUT2D eigenvalue weighted by Crippen LogP contribution is -2.48. The SMILES string of the molecule is CC(C)(C)c1ccc(C(=O)NNC(=S)NC(=O)C=Cc2ccccc2Cl)cc1. The third kappa shape index (κ3) is 6.48. The van der Waals surface area contributed by atoms with Gasteiger partial charge in [-0.1, -0.05) is 62.7 Å². The van der Waals surface area contributed by atoms with Crippen LogP contribution in [0.5, 0.6) is 0 Å². The molecule has 0 aliphatic carbocycles. The molecule has 0 aliphatic rings. The summed E-state index contributed by atoms with van der Waals surface area (Å²) in [5, 5.41) is 2.96. The maximum Gasteiger partial charge on any atom is 0.269 e. The standard InChI is InChI=1S/C21H22ClN3O2S/c1-21(2,3)16-11-8-15(9-12-16)19(27)24-25-20(28)23-18(26)13-10-14-6-4-5-7-17(14)22/h4-13H,1-3H3,(H,24,27)(H2,23,25,26,28). The molecule has 2 aromatic carbocycles. The lowest BCUT2D eigenvalue weighted by molar-refractivity contribution is -0.115. The highest BCUT2D eigenvalue weighted by Gasteiger charge is 2.14. The van der Waals surface area contributed by atoms with E-state index in [1.807, 2.05) is 18.2 Å². The van der Waals surface area contributed by atoms with Crippen LogP contribution in [-0.4, -0.2) is 16.9 Å². The summed E-state index contributed by atoms with van der Waals surface area (Å²) in [7, 11) is 0. The molecule has 7 heteroatoms. The maximum atomic E-state index is 12.2. The van der Waals surface area contributed by atoms with E-state index in [1.54, 1.807) is 36.4 Å². The summed E-state index contributed by atoms with van der Waals surface area (Å²) in [6.07, 6.45) is 2.89. The first-order valence-electron chi connectivity index (χ1n) is 8.61. The van der Waals surface area contributed by atoms with E-state index in [9.17, 15) is 9.59 Å². The van der Waals surface area contributed by atoms with Crippen molar-refractivity contribution in [3.63, 3.8) is 0 Å². The first-order valence-corrected chi connectivity index (χ1v) is 9.40. The Morgan fingerprint density at radius 3 is 2.25 bits per heavy atom. The monoisotopic (exact) mass is 415 g/mol. The number of amides is 2. The van der Waals surface area contributed by atoms with Crippen LogP contribution in [0.4, 0.5) is 0 Å². The molecule has 0 bridgehead atoms. The van der Waals surface area contributed by atoms with Gasteiger partial charge in [0.25, 0.3) is 5.91 Å². The predicted octanol–water partition coefficient (Wildman–Crippen LogP) is 3.99. The molecule has 0 unspecified atom stereocenters. The van der Waals surface area contributed by atoms with Gasteiger partial charge in [0.15, 0.2) is 5.11 Å². The van der Waals surface area contributed by atoms with Gasteiger partial charge in [0.2, 0.25) is 5.91 Å². The van der Waals surface area contributed by atoms with Gasteiger partial charge in [0.1, 0.15) is 0 Å². The number of thiocarbonyl (C=S) groups is 1. The summed E-state index contributed by atoms with van der Waals surface area (Å²) in [5.41, 5.74) is 7.29. The highest BCUT2D eigenvalue weighted by atomic mass is 35.5. The number of hydrogen-bond acceptors (Lipinski definition) is 3. The maximum absolute atomic E-state index is 12.2. The van der Waals surface area contributed by atoms with Gasteiger partial charge < -0.3 is 0 Å². The van der Waals surface area contributed by atoms with Crippen LogP contribution in [0.3, 0.4) is 0 Å². The van der Waals surface area contributed by atoms with Gasteiger partial charge in [-0.05, 0) is 53.0 Å². The van der Waals surface area contributed by atoms with Crippen LogP contribution in [0.2, 0.25) is 5.02 Å². The van der Waals surface area contributed by atoms with Crippen molar-refractivity contribution in [1.82, 2.24) is 16.2 Å². The molecule has 0 radical (unpaired) electrons. The fourth-order valence-electron chi connectivity index (χ4n) is 2.27. The number of carbonyl (C=O) groups is 2. The van der Waals surface area contributed by atoms with Crippen LogP contribution in [-0.2, 0) is 10.2 Å². The average Bonchev–Trinajstić information content (AvgIpc) is 2.65. The highest BCUT2D eigenvalue weighted by Crippen LogP contribution is 2.22. The van der Waals surface area contributed by atoms with Crippen LogP contribution in [0.1, 0.15) is 42.3 Å². The van der Waals surface area contributed by atoms with Crippen molar-refractivity contribution in [1.29, 1.82) is 0 Å². The molecule has 3 N–H and O–H groups in total. The van der Waals surface area contributed by atoms with E-state index < -0.39 is 5.91 Å². The smallest absolute Gasteiger partial charge is 0.269 e. The molecule has 2 aromatic rings. The Morgan fingerprint density at radius 1 is 1.00 bits per heavy atom. The number of nitrogens with one attached hydrogen (secondary N) is 3. The molecule has 0 saturated heterocycles. The molecule has 0 fully saturated rings. The number of hydrazine groups is 1. The van der Waals surface area contributed by atoms with E-state index in [0.29, 0.717) is 16.1 Å². The van der Waals surface area contributed by atoms with E-state index in [1.165, 1.54) is 6.08 Å². The second kappa shape index (κ2) is 9.48. The second-order valence-corrected chi connectivity index (χ2v) is 7.90. The fourth-order valence-corrected chi connectivity index (χ4v) is 2.62. The molecule has 146 valence electrons. The summed E-state index contributed by atoms with van der Waals surface area (Å²) in [4.78, 5) is 24.1. The average molecular weight is 416 g/mol. The Kier molecular flexibility index (Phi) is 7.31. The molecule has 2 amide bonds. The number of halogens is 1. The first kappa shape index (κ1) is 21.6. The molecule has 28 heavy (non-hydrogen) atoms. The molecule has 0 saturated carbocycles. The van der Waals surface area contributed by atoms with Gasteiger partial charge in [-0.2, -0.15) is 0 Å².